The fourth-order valence-electron chi connectivity index (χ4n) is 3.69. The van der Waals surface area contributed by atoms with E-state index in [1.165, 1.54) is 47.8 Å². The van der Waals surface area contributed by atoms with Crippen LogP contribution in [0.1, 0.15) is 41.9 Å². The first-order chi connectivity index (χ1) is 10.3. The van der Waals surface area contributed by atoms with Gasteiger partial charge in [0.15, 0.2) is 0 Å². The summed E-state index contributed by atoms with van der Waals surface area (Å²) in [5.41, 5.74) is 5.89. The monoisotopic (exact) mass is 341 g/mol. The van der Waals surface area contributed by atoms with Gasteiger partial charge in [-0.3, -0.25) is 0 Å². The van der Waals surface area contributed by atoms with Gasteiger partial charge in [-0.25, -0.2) is 0 Å². The molecule has 2 aromatic rings. The molecule has 0 amide bonds. The molecule has 0 bridgehead atoms. The van der Waals surface area contributed by atoms with Crippen LogP contribution < -0.4 is 5.32 Å². The van der Waals surface area contributed by atoms with Gasteiger partial charge in [-0.05, 0) is 72.9 Å². The third kappa shape index (κ3) is 2.62. The van der Waals surface area contributed by atoms with Gasteiger partial charge >= 0.3 is 0 Å². The standard InChI is InChI=1S/C19H20BrN/c20-19-7-2-1-6-18(19)15-11-17(12-15)21-16-9-8-13-4-3-5-14(13)10-16/h1-2,6-10,15,17,21H,3-5,11-12H2. The topological polar surface area (TPSA) is 12.0 Å². The summed E-state index contributed by atoms with van der Waals surface area (Å²) >= 11 is 3.67. The second-order valence-corrected chi connectivity index (χ2v) is 7.22. The first kappa shape index (κ1) is 13.4. The van der Waals surface area contributed by atoms with Gasteiger partial charge in [0.1, 0.15) is 0 Å². The molecule has 0 heterocycles. The fraction of sp³-hybridized carbons (Fsp3) is 0.368. The highest BCUT2D eigenvalue weighted by Gasteiger charge is 2.31. The molecule has 21 heavy (non-hydrogen) atoms. The normalized spacial score (nSPS) is 23.5. The van der Waals surface area contributed by atoms with Crippen molar-refractivity contribution in [1.29, 1.82) is 0 Å². The van der Waals surface area contributed by atoms with E-state index in [4.69, 9.17) is 0 Å². The number of benzene rings is 2. The van der Waals surface area contributed by atoms with E-state index in [-0.39, 0.29) is 0 Å². The van der Waals surface area contributed by atoms with Crippen molar-refractivity contribution in [2.45, 2.75) is 44.1 Å². The maximum atomic E-state index is 3.71. The molecule has 1 fully saturated rings. The van der Waals surface area contributed by atoms with Crippen LogP contribution >= 0.6 is 15.9 Å². The predicted molar refractivity (Wildman–Crippen MR) is 92.0 cm³/mol. The molecule has 0 unspecified atom stereocenters. The Morgan fingerprint density at radius 1 is 0.952 bits per heavy atom. The smallest absolute Gasteiger partial charge is 0.0345 e. The zero-order valence-electron chi connectivity index (χ0n) is 12.1. The SMILES string of the molecule is Brc1ccccc1C1CC(Nc2ccc3c(c2)CCC3)C1. The van der Waals surface area contributed by atoms with Crippen LogP contribution in [-0.2, 0) is 12.8 Å². The van der Waals surface area contributed by atoms with Crippen LogP contribution in [0, 0.1) is 0 Å². The molecule has 0 aliphatic heterocycles. The van der Waals surface area contributed by atoms with Crippen LogP contribution in [0.3, 0.4) is 0 Å². The number of aryl methyl sites for hydroxylation is 2. The van der Waals surface area contributed by atoms with Gasteiger partial charge in [0.05, 0.1) is 0 Å². The lowest BCUT2D eigenvalue weighted by atomic mass is 9.76. The quantitative estimate of drug-likeness (QED) is 0.799. The molecule has 4 rings (SSSR count). The summed E-state index contributed by atoms with van der Waals surface area (Å²) < 4.78 is 1.26. The molecule has 2 heteroatoms. The molecule has 1 nitrogen and oxygen atoms in total. The molecule has 1 N–H and O–H groups in total. The number of rotatable bonds is 3. The third-order valence-electron chi connectivity index (χ3n) is 4.95. The van der Waals surface area contributed by atoms with Gasteiger partial charge < -0.3 is 5.32 Å². The summed E-state index contributed by atoms with van der Waals surface area (Å²) in [6.45, 7) is 0. The lowest BCUT2D eigenvalue weighted by Crippen LogP contribution is -2.34. The van der Waals surface area contributed by atoms with Crippen molar-refractivity contribution in [3.8, 4) is 0 Å². The van der Waals surface area contributed by atoms with Gasteiger partial charge in [0.25, 0.3) is 0 Å². The summed E-state index contributed by atoms with van der Waals surface area (Å²) in [7, 11) is 0. The molecule has 0 saturated heterocycles. The highest BCUT2D eigenvalue weighted by Crippen LogP contribution is 2.41. The molecule has 2 aliphatic carbocycles. The Morgan fingerprint density at radius 3 is 2.62 bits per heavy atom. The van der Waals surface area contributed by atoms with E-state index in [1.807, 2.05) is 0 Å². The average Bonchev–Trinajstić information content (AvgIpc) is 2.91. The minimum absolute atomic E-state index is 0.626. The van der Waals surface area contributed by atoms with Gasteiger partial charge in [-0.15, -0.1) is 0 Å². The molecule has 0 aromatic heterocycles. The van der Waals surface area contributed by atoms with Crippen molar-refractivity contribution in [1.82, 2.24) is 0 Å². The van der Waals surface area contributed by atoms with Gasteiger partial charge in [0.2, 0.25) is 0 Å². The number of nitrogens with one attached hydrogen (secondary N) is 1. The predicted octanol–water partition coefficient (Wildman–Crippen LogP) is 5.30. The van der Waals surface area contributed by atoms with Crippen molar-refractivity contribution in [2.24, 2.45) is 0 Å². The van der Waals surface area contributed by atoms with E-state index in [9.17, 15) is 0 Å². The van der Waals surface area contributed by atoms with Crippen LogP contribution in [0.2, 0.25) is 0 Å². The lowest BCUT2D eigenvalue weighted by molar-refractivity contribution is 0.373. The van der Waals surface area contributed by atoms with Crippen molar-refractivity contribution in [3.05, 3.63) is 63.6 Å². The molecule has 108 valence electrons. The summed E-state index contributed by atoms with van der Waals surface area (Å²) in [5.74, 6) is 0.701. The maximum Gasteiger partial charge on any atom is 0.0345 e. The summed E-state index contributed by atoms with van der Waals surface area (Å²) in [4.78, 5) is 0. The molecule has 1 saturated carbocycles. The summed E-state index contributed by atoms with van der Waals surface area (Å²) in [5, 5.41) is 3.71. The average molecular weight is 342 g/mol. The van der Waals surface area contributed by atoms with Crippen molar-refractivity contribution < 1.29 is 0 Å². The minimum atomic E-state index is 0.626. The Hall–Kier alpha value is -1.28. The number of hydrogen-bond donors (Lipinski definition) is 1. The van der Waals surface area contributed by atoms with E-state index in [2.05, 4.69) is 63.7 Å². The molecular formula is C19H20BrN. The zero-order valence-corrected chi connectivity index (χ0v) is 13.7. The first-order valence-corrected chi connectivity index (χ1v) is 8.71. The molecule has 0 spiro atoms. The van der Waals surface area contributed by atoms with Gasteiger partial charge in [-0.2, -0.15) is 0 Å². The molecule has 2 aromatic carbocycles. The van der Waals surface area contributed by atoms with E-state index >= 15 is 0 Å². The number of hydrogen-bond acceptors (Lipinski definition) is 1. The fourth-order valence-corrected chi connectivity index (χ4v) is 4.30. The second-order valence-electron chi connectivity index (χ2n) is 6.37. The largest absolute Gasteiger partial charge is 0.382 e. The number of fused-ring (bicyclic) bond motifs is 1. The van der Waals surface area contributed by atoms with Crippen LogP contribution in [0.5, 0.6) is 0 Å². The van der Waals surface area contributed by atoms with Crippen LogP contribution in [-0.4, -0.2) is 6.04 Å². The van der Waals surface area contributed by atoms with Crippen LogP contribution in [0.4, 0.5) is 5.69 Å². The zero-order chi connectivity index (χ0) is 14.2. The van der Waals surface area contributed by atoms with E-state index in [0.717, 1.165) is 0 Å². The molecule has 0 atom stereocenters. The highest BCUT2D eigenvalue weighted by atomic mass is 79.9. The maximum absolute atomic E-state index is 3.71. The molecule has 0 radical (unpaired) electrons. The second kappa shape index (κ2) is 5.49. The van der Waals surface area contributed by atoms with E-state index < -0.39 is 0 Å². The Labute approximate surface area is 134 Å². The van der Waals surface area contributed by atoms with Crippen LogP contribution in [0.15, 0.2) is 46.9 Å². The van der Waals surface area contributed by atoms with E-state index in [1.54, 1.807) is 11.1 Å². The number of anilines is 1. The Balaban J connectivity index is 1.39. The third-order valence-corrected chi connectivity index (χ3v) is 5.67. The van der Waals surface area contributed by atoms with Crippen molar-refractivity contribution in [2.75, 3.05) is 5.32 Å². The minimum Gasteiger partial charge on any atom is -0.382 e. The van der Waals surface area contributed by atoms with Crippen LogP contribution in [0.25, 0.3) is 0 Å². The Bertz CT molecular complexity index is 658. The molecule has 2 aliphatic rings. The summed E-state index contributed by atoms with van der Waals surface area (Å²) in [6.07, 6.45) is 6.32. The summed E-state index contributed by atoms with van der Waals surface area (Å²) in [6, 6.07) is 16.2. The van der Waals surface area contributed by atoms with Gasteiger partial charge in [-0.1, -0.05) is 40.2 Å². The Morgan fingerprint density at radius 2 is 1.76 bits per heavy atom. The van der Waals surface area contributed by atoms with Crippen molar-refractivity contribution in [3.63, 3.8) is 0 Å². The van der Waals surface area contributed by atoms with Gasteiger partial charge in [0, 0.05) is 16.2 Å². The van der Waals surface area contributed by atoms with E-state index in [0.29, 0.717) is 12.0 Å². The first-order valence-electron chi connectivity index (χ1n) is 7.92. The van der Waals surface area contributed by atoms with Crippen molar-refractivity contribution >= 4 is 21.6 Å². The highest BCUT2D eigenvalue weighted by molar-refractivity contribution is 9.10. The Kier molecular flexibility index (Phi) is 3.50. The number of halogens is 1. The molecular weight excluding hydrogens is 322 g/mol. The lowest BCUT2D eigenvalue weighted by Gasteiger charge is -2.37.